The third-order valence-electron chi connectivity index (χ3n) is 2.49. The van der Waals surface area contributed by atoms with Crippen molar-refractivity contribution >= 4 is 5.91 Å². The molecule has 0 saturated heterocycles. The topological polar surface area (TPSA) is 81.1 Å². The van der Waals surface area contributed by atoms with Crippen LogP contribution in [-0.2, 0) is 4.79 Å². The molecular formula is C12H27N3O. The summed E-state index contributed by atoms with van der Waals surface area (Å²) in [5.74, 6) is -0.244. The highest BCUT2D eigenvalue weighted by Gasteiger charge is 2.35. The van der Waals surface area contributed by atoms with E-state index in [1.165, 1.54) is 0 Å². The van der Waals surface area contributed by atoms with Gasteiger partial charge < -0.3 is 16.8 Å². The van der Waals surface area contributed by atoms with Crippen LogP contribution < -0.4 is 16.8 Å². The van der Waals surface area contributed by atoms with Gasteiger partial charge in [-0.15, -0.1) is 0 Å². The van der Waals surface area contributed by atoms with Crippen molar-refractivity contribution in [3.8, 4) is 0 Å². The van der Waals surface area contributed by atoms with Crippen LogP contribution in [0.4, 0.5) is 0 Å². The first-order valence-electron chi connectivity index (χ1n) is 5.93. The van der Waals surface area contributed by atoms with E-state index in [9.17, 15) is 4.79 Å². The van der Waals surface area contributed by atoms with Gasteiger partial charge in [-0.25, -0.2) is 0 Å². The van der Waals surface area contributed by atoms with E-state index in [2.05, 4.69) is 5.32 Å². The van der Waals surface area contributed by atoms with Crippen molar-refractivity contribution in [2.45, 2.75) is 58.5 Å². The predicted octanol–water partition coefficient (Wildman–Crippen LogP) is 0.994. The van der Waals surface area contributed by atoms with E-state index in [4.69, 9.17) is 11.5 Å². The average Bonchev–Trinajstić information content (AvgIpc) is 2.07. The second-order valence-electron chi connectivity index (χ2n) is 5.86. The highest BCUT2D eigenvalue weighted by molar-refractivity contribution is 5.80. The Morgan fingerprint density at radius 1 is 1.25 bits per heavy atom. The van der Waals surface area contributed by atoms with Gasteiger partial charge in [-0.3, -0.25) is 4.79 Å². The second-order valence-corrected chi connectivity index (χ2v) is 5.86. The first kappa shape index (κ1) is 15.4. The summed E-state index contributed by atoms with van der Waals surface area (Å²) < 4.78 is 0. The van der Waals surface area contributed by atoms with Crippen molar-refractivity contribution in [1.82, 2.24) is 5.32 Å². The Kier molecular flexibility index (Phi) is 5.42. The molecule has 96 valence electrons. The van der Waals surface area contributed by atoms with E-state index in [1.54, 1.807) is 0 Å². The van der Waals surface area contributed by atoms with Crippen molar-refractivity contribution in [3.63, 3.8) is 0 Å². The predicted molar refractivity (Wildman–Crippen MR) is 67.9 cm³/mol. The molecule has 0 rings (SSSR count). The molecule has 1 unspecified atom stereocenters. The van der Waals surface area contributed by atoms with Gasteiger partial charge in [-0.05, 0) is 40.5 Å². The SMILES string of the molecule is CCCNC(=O)C(CC(C)(C)N)C(C)(C)N. The number of hydrogen-bond donors (Lipinski definition) is 3. The van der Waals surface area contributed by atoms with Crippen LogP contribution in [-0.4, -0.2) is 23.5 Å². The van der Waals surface area contributed by atoms with Crippen LogP contribution in [0.3, 0.4) is 0 Å². The fourth-order valence-electron chi connectivity index (χ4n) is 1.59. The monoisotopic (exact) mass is 229 g/mol. The Morgan fingerprint density at radius 2 is 1.75 bits per heavy atom. The van der Waals surface area contributed by atoms with Crippen LogP contribution in [0.1, 0.15) is 47.5 Å². The van der Waals surface area contributed by atoms with E-state index in [0.717, 1.165) is 6.42 Å². The van der Waals surface area contributed by atoms with E-state index in [0.29, 0.717) is 13.0 Å². The highest BCUT2D eigenvalue weighted by atomic mass is 16.1. The molecule has 0 aliphatic rings. The molecule has 4 heteroatoms. The molecule has 0 aliphatic heterocycles. The summed E-state index contributed by atoms with van der Waals surface area (Å²) in [6.45, 7) is 10.3. The molecule has 5 N–H and O–H groups in total. The summed E-state index contributed by atoms with van der Waals surface area (Å²) in [4.78, 5) is 12.0. The fraction of sp³-hybridized carbons (Fsp3) is 0.917. The van der Waals surface area contributed by atoms with Crippen molar-refractivity contribution in [2.24, 2.45) is 17.4 Å². The summed E-state index contributed by atoms with van der Waals surface area (Å²) in [5, 5.41) is 2.89. The molecule has 0 saturated carbocycles. The maximum absolute atomic E-state index is 12.0. The molecule has 0 aliphatic carbocycles. The van der Waals surface area contributed by atoms with Gasteiger partial charge in [0, 0.05) is 17.6 Å². The molecule has 16 heavy (non-hydrogen) atoms. The maximum Gasteiger partial charge on any atom is 0.225 e. The molecule has 0 heterocycles. The van der Waals surface area contributed by atoms with Crippen molar-refractivity contribution in [2.75, 3.05) is 6.54 Å². The Balaban J connectivity index is 4.62. The van der Waals surface area contributed by atoms with Crippen LogP contribution in [0.25, 0.3) is 0 Å². The lowest BCUT2D eigenvalue weighted by molar-refractivity contribution is -0.127. The summed E-state index contributed by atoms with van der Waals surface area (Å²) in [7, 11) is 0. The van der Waals surface area contributed by atoms with Gasteiger partial charge in [0.2, 0.25) is 5.91 Å². The second kappa shape index (κ2) is 5.64. The van der Waals surface area contributed by atoms with E-state index >= 15 is 0 Å². The highest BCUT2D eigenvalue weighted by Crippen LogP contribution is 2.23. The summed E-state index contributed by atoms with van der Waals surface area (Å²) >= 11 is 0. The normalized spacial score (nSPS) is 14.7. The minimum Gasteiger partial charge on any atom is -0.356 e. The molecule has 1 amide bonds. The molecule has 0 bridgehead atoms. The number of hydrogen-bond acceptors (Lipinski definition) is 3. The lowest BCUT2D eigenvalue weighted by atomic mass is 9.79. The zero-order chi connectivity index (χ0) is 13.0. The summed E-state index contributed by atoms with van der Waals surface area (Å²) in [6.07, 6.45) is 1.52. The van der Waals surface area contributed by atoms with Gasteiger partial charge in [-0.2, -0.15) is 0 Å². The quantitative estimate of drug-likeness (QED) is 0.635. The number of carbonyl (C=O) groups is 1. The van der Waals surface area contributed by atoms with Crippen molar-refractivity contribution in [3.05, 3.63) is 0 Å². The third kappa shape index (κ3) is 6.08. The Bertz CT molecular complexity index is 225. The number of nitrogens with one attached hydrogen (secondary N) is 1. The first-order chi connectivity index (χ1) is 7.08. The minimum atomic E-state index is -0.547. The zero-order valence-corrected chi connectivity index (χ0v) is 11.3. The zero-order valence-electron chi connectivity index (χ0n) is 11.3. The van der Waals surface area contributed by atoms with Gasteiger partial charge in [0.1, 0.15) is 0 Å². The number of rotatable bonds is 6. The van der Waals surface area contributed by atoms with Crippen LogP contribution in [0, 0.1) is 5.92 Å². The minimum absolute atomic E-state index is 0.00729. The van der Waals surface area contributed by atoms with Gasteiger partial charge in [0.25, 0.3) is 0 Å². The Morgan fingerprint density at radius 3 is 2.06 bits per heavy atom. The molecule has 0 spiro atoms. The van der Waals surface area contributed by atoms with Gasteiger partial charge in [0.15, 0.2) is 0 Å². The number of nitrogens with two attached hydrogens (primary N) is 2. The van der Waals surface area contributed by atoms with Crippen LogP contribution in [0.5, 0.6) is 0 Å². The first-order valence-corrected chi connectivity index (χ1v) is 5.93. The van der Waals surface area contributed by atoms with Crippen LogP contribution in [0.2, 0.25) is 0 Å². The maximum atomic E-state index is 12.0. The molecule has 0 aromatic rings. The molecular weight excluding hydrogens is 202 g/mol. The Labute approximate surface area is 99.1 Å². The van der Waals surface area contributed by atoms with Crippen molar-refractivity contribution in [1.29, 1.82) is 0 Å². The molecule has 1 atom stereocenters. The van der Waals surface area contributed by atoms with E-state index in [1.807, 2.05) is 34.6 Å². The van der Waals surface area contributed by atoms with Gasteiger partial charge in [-0.1, -0.05) is 6.92 Å². The molecule has 0 aromatic heterocycles. The van der Waals surface area contributed by atoms with Crippen LogP contribution >= 0.6 is 0 Å². The van der Waals surface area contributed by atoms with Crippen LogP contribution in [0.15, 0.2) is 0 Å². The van der Waals surface area contributed by atoms with Gasteiger partial charge in [0.05, 0.1) is 5.92 Å². The largest absolute Gasteiger partial charge is 0.356 e. The van der Waals surface area contributed by atoms with E-state index < -0.39 is 5.54 Å². The Hall–Kier alpha value is -0.610. The smallest absolute Gasteiger partial charge is 0.225 e. The van der Waals surface area contributed by atoms with Crippen molar-refractivity contribution < 1.29 is 4.79 Å². The van der Waals surface area contributed by atoms with Gasteiger partial charge >= 0.3 is 0 Å². The lowest BCUT2D eigenvalue weighted by Gasteiger charge is -2.34. The standard InChI is InChI=1S/C12H27N3O/c1-6-7-15-10(16)9(12(4,5)14)8-11(2,3)13/h9H,6-8,13-14H2,1-5H3,(H,15,16). The number of amides is 1. The average molecular weight is 229 g/mol. The summed E-state index contributed by atoms with van der Waals surface area (Å²) in [6, 6.07) is 0. The molecule has 4 nitrogen and oxygen atoms in total. The number of carbonyl (C=O) groups excluding carboxylic acids is 1. The van der Waals surface area contributed by atoms with E-state index in [-0.39, 0.29) is 17.4 Å². The fourth-order valence-corrected chi connectivity index (χ4v) is 1.59. The lowest BCUT2D eigenvalue weighted by Crippen LogP contribution is -2.53. The molecule has 0 radical (unpaired) electrons. The third-order valence-corrected chi connectivity index (χ3v) is 2.49. The molecule has 0 fully saturated rings. The molecule has 0 aromatic carbocycles. The summed E-state index contributed by atoms with van der Waals surface area (Å²) in [5.41, 5.74) is 11.1.